The van der Waals surface area contributed by atoms with Crippen molar-refractivity contribution in [3.05, 3.63) is 41.5 Å². The van der Waals surface area contributed by atoms with Gasteiger partial charge in [-0.25, -0.2) is 18.2 Å². The molecular weight excluding hydrogens is 391 g/mol. The molecule has 4 N–H and O–H groups in total. The number of carbonyl (C=O) groups is 1. The number of amidine groups is 1. The van der Waals surface area contributed by atoms with Gasteiger partial charge in [-0.3, -0.25) is 9.79 Å². The third-order valence-corrected chi connectivity index (χ3v) is 4.78. The van der Waals surface area contributed by atoms with E-state index >= 15 is 0 Å². The first-order valence-corrected chi connectivity index (χ1v) is 8.59. The van der Waals surface area contributed by atoms with Crippen LogP contribution in [-0.4, -0.2) is 50.4 Å². The highest BCUT2D eigenvalue weighted by atomic mass is 19.3. The molecule has 0 spiro atoms. The number of alkyl halides is 2. The van der Waals surface area contributed by atoms with Gasteiger partial charge in [0.1, 0.15) is 35.6 Å². The monoisotopic (exact) mass is 411 g/mol. The average Bonchev–Trinajstić information content (AvgIpc) is 2.67. The molecule has 0 aliphatic carbocycles. The van der Waals surface area contributed by atoms with Crippen LogP contribution in [0.15, 0.2) is 40.1 Å². The summed E-state index contributed by atoms with van der Waals surface area (Å²) >= 11 is 0. The number of hydrogen-bond acceptors (Lipinski definition) is 7. The SMILES string of the molecule is COC1=NC=C(C(N)=O)N(c2ccc(F)c([C@@]3(C)N=C(N)CO[C@H]3C(F)F)c2)C1. The maximum atomic E-state index is 14.7. The molecule has 29 heavy (non-hydrogen) atoms. The first kappa shape index (κ1) is 20.6. The van der Waals surface area contributed by atoms with E-state index in [1.54, 1.807) is 0 Å². The summed E-state index contributed by atoms with van der Waals surface area (Å²) in [6, 6.07) is 3.78. The first-order valence-electron chi connectivity index (χ1n) is 8.59. The van der Waals surface area contributed by atoms with Gasteiger partial charge in [0, 0.05) is 11.3 Å². The van der Waals surface area contributed by atoms with Gasteiger partial charge in [0.25, 0.3) is 12.3 Å². The molecule has 0 radical (unpaired) electrons. The molecule has 2 aliphatic heterocycles. The Kier molecular flexibility index (Phi) is 5.51. The second-order valence-electron chi connectivity index (χ2n) is 6.67. The van der Waals surface area contributed by atoms with Crippen LogP contribution in [0.4, 0.5) is 18.9 Å². The van der Waals surface area contributed by atoms with Crippen molar-refractivity contribution in [2.75, 3.05) is 25.2 Å². The number of anilines is 1. The van der Waals surface area contributed by atoms with Crippen molar-refractivity contribution in [2.45, 2.75) is 25.0 Å². The fourth-order valence-corrected chi connectivity index (χ4v) is 3.34. The van der Waals surface area contributed by atoms with E-state index in [1.807, 2.05) is 0 Å². The number of hydrogen-bond donors (Lipinski definition) is 2. The molecule has 0 bridgehead atoms. The normalized spacial score (nSPS) is 24.7. The summed E-state index contributed by atoms with van der Waals surface area (Å²) in [5.41, 5.74) is 9.50. The molecule has 8 nitrogen and oxygen atoms in total. The number of carbonyl (C=O) groups excluding carboxylic acids is 1. The van der Waals surface area contributed by atoms with Crippen LogP contribution in [0.2, 0.25) is 0 Å². The molecule has 3 rings (SSSR count). The molecule has 2 aliphatic rings. The summed E-state index contributed by atoms with van der Waals surface area (Å²) in [6.07, 6.45) is -3.41. The predicted molar refractivity (Wildman–Crippen MR) is 100 cm³/mol. The third-order valence-electron chi connectivity index (χ3n) is 4.78. The summed E-state index contributed by atoms with van der Waals surface area (Å²) in [5.74, 6) is -1.29. The molecule has 0 saturated carbocycles. The van der Waals surface area contributed by atoms with E-state index in [2.05, 4.69) is 9.98 Å². The van der Waals surface area contributed by atoms with Crippen LogP contribution in [0.25, 0.3) is 0 Å². The number of amides is 1. The fourth-order valence-electron chi connectivity index (χ4n) is 3.34. The Hall–Kier alpha value is -3.08. The van der Waals surface area contributed by atoms with Gasteiger partial charge in [0.2, 0.25) is 5.90 Å². The number of benzene rings is 1. The third kappa shape index (κ3) is 3.77. The Bertz CT molecular complexity index is 918. The zero-order valence-corrected chi connectivity index (χ0v) is 15.7. The van der Waals surface area contributed by atoms with Gasteiger partial charge in [0.05, 0.1) is 19.9 Å². The lowest BCUT2D eigenvalue weighted by atomic mass is 9.85. The van der Waals surface area contributed by atoms with Crippen LogP contribution < -0.4 is 16.4 Å². The van der Waals surface area contributed by atoms with Crippen molar-refractivity contribution >= 4 is 23.3 Å². The molecule has 1 amide bonds. The Morgan fingerprint density at radius 3 is 2.79 bits per heavy atom. The van der Waals surface area contributed by atoms with Crippen molar-refractivity contribution in [1.82, 2.24) is 0 Å². The summed E-state index contributed by atoms with van der Waals surface area (Å²) < 4.78 is 52.2. The van der Waals surface area contributed by atoms with Crippen LogP contribution in [0.1, 0.15) is 12.5 Å². The predicted octanol–water partition coefficient (Wildman–Crippen LogP) is 1.25. The summed E-state index contributed by atoms with van der Waals surface area (Å²) in [7, 11) is 1.40. The highest BCUT2D eigenvalue weighted by Gasteiger charge is 2.47. The smallest absolute Gasteiger partial charge is 0.267 e. The molecule has 11 heteroatoms. The highest BCUT2D eigenvalue weighted by molar-refractivity contribution is 5.99. The molecule has 0 unspecified atom stereocenters. The van der Waals surface area contributed by atoms with E-state index < -0.39 is 29.8 Å². The van der Waals surface area contributed by atoms with Crippen molar-refractivity contribution in [3.8, 4) is 0 Å². The maximum absolute atomic E-state index is 14.7. The number of nitrogens with two attached hydrogens (primary N) is 2. The van der Waals surface area contributed by atoms with Crippen molar-refractivity contribution in [3.63, 3.8) is 0 Å². The Labute approximate surface area is 164 Å². The van der Waals surface area contributed by atoms with Crippen molar-refractivity contribution in [1.29, 1.82) is 0 Å². The van der Waals surface area contributed by atoms with Gasteiger partial charge in [-0.15, -0.1) is 0 Å². The molecular formula is C18H20F3N5O3. The zero-order chi connectivity index (χ0) is 21.3. The van der Waals surface area contributed by atoms with Crippen LogP contribution in [0, 0.1) is 5.82 Å². The Balaban J connectivity index is 2.11. The maximum Gasteiger partial charge on any atom is 0.267 e. The Morgan fingerprint density at radius 1 is 1.45 bits per heavy atom. The summed E-state index contributed by atoms with van der Waals surface area (Å²) in [6.45, 7) is 1.08. The van der Waals surface area contributed by atoms with E-state index in [-0.39, 0.29) is 36.1 Å². The largest absolute Gasteiger partial charge is 0.483 e. The van der Waals surface area contributed by atoms with Crippen molar-refractivity contribution in [2.24, 2.45) is 21.5 Å². The molecule has 1 aromatic rings. The second kappa shape index (κ2) is 7.74. The lowest BCUT2D eigenvalue weighted by Gasteiger charge is -2.38. The molecule has 0 saturated heterocycles. The lowest BCUT2D eigenvalue weighted by Crippen LogP contribution is -2.49. The number of rotatable bonds is 4. The number of methoxy groups -OCH3 is 1. The van der Waals surface area contributed by atoms with E-state index in [0.717, 1.165) is 6.07 Å². The fraction of sp³-hybridized carbons (Fsp3) is 0.389. The quantitative estimate of drug-likeness (QED) is 0.774. The molecule has 156 valence electrons. The lowest BCUT2D eigenvalue weighted by molar-refractivity contribution is -0.114. The van der Waals surface area contributed by atoms with Crippen LogP contribution in [0.5, 0.6) is 0 Å². The Morgan fingerprint density at radius 2 is 2.17 bits per heavy atom. The van der Waals surface area contributed by atoms with Gasteiger partial charge in [-0.1, -0.05) is 0 Å². The number of nitrogens with zero attached hydrogens (tertiary/aromatic N) is 3. The van der Waals surface area contributed by atoms with Gasteiger partial charge in [-0.05, 0) is 25.1 Å². The van der Waals surface area contributed by atoms with Gasteiger partial charge in [0.15, 0.2) is 0 Å². The molecule has 0 aromatic heterocycles. The topological polar surface area (TPSA) is 116 Å². The zero-order valence-electron chi connectivity index (χ0n) is 15.7. The van der Waals surface area contributed by atoms with Crippen LogP contribution in [0.3, 0.4) is 0 Å². The van der Waals surface area contributed by atoms with Gasteiger partial charge < -0.3 is 25.8 Å². The summed E-state index contributed by atoms with van der Waals surface area (Å²) in [5, 5.41) is 0. The van der Waals surface area contributed by atoms with E-state index in [9.17, 15) is 18.0 Å². The molecule has 2 heterocycles. The minimum absolute atomic E-state index is 0.0290. The highest BCUT2D eigenvalue weighted by Crippen LogP contribution is 2.40. The molecule has 1 aromatic carbocycles. The van der Waals surface area contributed by atoms with Gasteiger partial charge in [-0.2, -0.15) is 0 Å². The first-order chi connectivity index (χ1) is 13.7. The number of aliphatic imine (C=N–C) groups is 2. The van der Waals surface area contributed by atoms with E-state index in [0.29, 0.717) is 5.69 Å². The minimum atomic E-state index is -2.93. The second-order valence-corrected chi connectivity index (χ2v) is 6.67. The number of ether oxygens (including phenoxy) is 2. The number of primary amides is 1. The standard InChI is InChI=1S/C18H20F3N5O3/c1-18(15(16(20)21)29-8-13(22)25-18)10-5-9(3-4-11(10)19)26-7-14(28-2)24-6-12(26)17(23)27/h3-6,15-16H,7-8H2,1-2H3,(H2,22,25)(H2,23,27)/t15-,18+/m0/s1. The minimum Gasteiger partial charge on any atom is -0.483 e. The van der Waals surface area contributed by atoms with Gasteiger partial charge >= 0.3 is 0 Å². The number of halogens is 3. The average molecular weight is 411 g/mol. The van der Waals surface area contributed by atoms with Crippen LogP contribution >= 0.6 is 0 Å². The van der Waals surface area contributed by atoms with E-state index in [1.165, 1.54) is 37.3 Å². The van der Waals surface area contributed by atoms with Crippen LogP contribution in [-0.2, 0) is 19.8 Å². The van der Waals surface area contributed by atoms with Crippen molar-refractivity contribution < 1.29 is 27.4 Å². The molecule has 2 atom stereocenters. The summed E-state index contributed by atoms with van der Waals surface area (Å²) in [4.78, 5) is 21.3. The van der Waals surface area contributed by atoms with E-state index in [4.69, 9.17) is 20.9 Å². The molecule has 0 fully saturated rings.